The number of likely N-dealkylation sites (tertiary alicyclic amines) is 1. The number of nitrogens with zero attached hydrogens (tertiary/aromatic N) is 2. The van der Waals surface area contributed by atoms with Gasteiger partial charge >= 0.3 is 5.97 Å². The van der Waals surface area contributed by atoms with Crippen molar-refractivity contribution in [2.45, 2.75) is 49.1 Å². The Bertz CT molecular complexity index is 1860. The molecule has 0 aromatic heterocycles. The Labute approximate surface area is 309 Å². The first kappa shape index (κ1) is 35.1. The lowest BCUT2D eigenvalue weighted by molar-refractivity contribution is -0.146. The van der Waals surface area contributed by atoms with Gasteiger partial charge in [0, 0.05) is 28.2 Å². The first-order valence-electron chi connectivity index (χ1n) is 17.0. The van der Waals surface area contributed by atoms with Crippen molar-refractivity contribution in [3.63, 3.8) is 0 Å². The number of halogens is 2. The van der Waals surface area contributed by atoms with Crippen molar-refractivity contribution in [2.24, 2.45) is 11.8 Å². The average Bonchev–Trinajstić information content (AvgIpc) is 3.74. The summed E-state index contributed by atoms with van der Waals surface area (Å²) in [5.41, 5.74) is 0.589. The monoisotopic (exact) mass is 773 g/mol. The van der Waals surface area contributed by atoms with Gasteiger partial charge < -0.3 is 29.7 Å². The predicted molar refractivity (Wildman–Crippen MR) is 194 cm³/mol. The molecule has 2 N–H and O–H groups in total. The number of hydrogen-bond acceptors (Lipinski definition) is 7. The molecule has 5 bridgehead atoms. The van der Waals surface area contributed by atoms with E-state index in [4.69, 9.17) is 21.1 Å². The normalized spacial score (nSPS) is 29.3. The first-order valence-corrected chi connectivity index (χ1v) is 18.1. The van der Waals surface area contributed by atoms with Crippen molar-refractivity contribution in [1.82, 2.24) is 10.2 Å². The molecule has 2 saturated heterocycles. The molecule has 4 heterocycles. The van der Waals surface area contributed by atoms with Gasteiger partial charge in [0.15, 0.2) is 0 Å². The Morgan fingerprint density at radius 1 is 0.941 bits per heavy atom. The Morgan fingerprint density at radius 2 is 1.65 bits per heavy atom. The molecule has 3 aromatic carbocycles. The molecule has 1 spiro atoms. The lowest BCUT2D eigenvalue weighted by Crippen LogP contribution is -2.59. The lowest BCUT2D eigenvalue weighted by Gasteiger charge is -2.38. The van der Waals surface area contributed by atoms with Crippen molar-refractivity contribution < 1.29 is 33.8 Å². The first-order chi connectivity index (χ1) is 24.7. The number of fused-ring (bicyclic) bond motifs is 2. The lowest BCUT2D eigenvalue weighted by atomic mass is 9.74. The van der Waals surface area contributed by atoms with Gasteiger partial charge in [0.2, 0.25) is 11.8 Å². The van der Waals surface area contributed by atoms with Gasteiger partial charge in [-0.15, -0.1) is 0 Å². The number of cyclic esters (lactones) is 1. The van der Waals surface area contributed by atoms with E-state index < -0.39 is 72.0 Å². The van der Waals surface area contributed by atoms with Crippen molar-refractivity contribution in [2.75, 3.05) is 24.7 Å². The molecule has 0 radical (unpaired) electrons. The van der Waals surface area contributed by atoms with Crippen LogP contribution in [0.25, 0.3) is 0 Å². The van der Waals surface area contributed by atoms with E-state index in [1.54, 1.807) is 47.4 Å². The number of ether oxygens (including phenoxy) is 2. The summed E-state index contributed by atoms with van der Waals surface area (Å²) in [5.74, 6) is -3.94. The highest BCUT2D eigenvalue weighted by Gasteiger charge is 2.75. The smallest absolute Gasteiger partial charge is 0.306 e. The molecule has 0 saturated carbocycles. The van der Waals surface area contributed by atoms with Crippen LogP contribution in [-0.4, -0.2) is 77.2 Å². The number of rotatable bonds is 6. The number of carbonyl (C=O) groups is 4. The largest absolute Gasteiger partial charge is 0.463 e. The van der Waals surface area contributed by atoms with Gasteiger partial charge in [0.05, 0.1) is 30.5 Å². The molecule has 7 atom stereocenters. The molecule has 12 heteroatoms. The van der Waals surface area contributed by atoms with Gasteiger partial charge in [-0.05, 0) is 54.3 Å². The number of amides is 3. The van der Waals surface area contributed by atoms with Gasteiger partial charge in [0.1, 0.15) is 24.4 Å². The van der Waals surface area contributed by atoms with Crippen molar-refractivity contribution in [3.8, 4) is 0 Å². The molecular weight excluding hydrogens is 738 g/mol. The van der Waals surface area contributed by atoms with Crippen LogP contribution in [0.15, 0.2) is 108 Å². The van der Waals surface area contributed by atoms with Crippen molar-refractivity contribution >= 4 is 56.9 Å². The van der Waals surface area contributed by atoms with Gasteiger partial charge in [-0.25, -0.2) is 0 Å². The quantitative estimate of drug-likeness (QED) is 0.270. The summed E-state index contributed by atoms with van der Waals surface area (Å²) in [6.07, 6.45) is 5.23. The second kappa shape index (κ2) is 14.7. The third-order valence-corrected chi connectivity index (χ3v) is 11.1. The van der Waals surface area contributed by atoms with E-state index in [-0.39, 0.29) is 26.0 Å². The molecule has 51 heavy (non-hydrogen) atoms. The molecule has 2 fully saturated rings. The number of benzene rings is 3. The van der Waals surface area contributed by atoms with Crippen LogP contribution >= 0.6 is 27.5 Å². The predicted octanol–water partition coefficient (Wildman–Crippen LogP) is 4.90. The molecule has 4 aliphatic heterocycles. The van der Waals surface area contributed by atoms with Gasteiger partial charge in [0.25, 0.3) is 5.91 Å². The zero-order valence-corrected chi connectivity index (χ0v) is 29.9. The highest BCUT2D eigenvalue weighted by Crippen LogP contribution is 2.59. The molecule has 264 valence electrons. The Balaban J connectivity index is 1.36. The van der Waals surface area contributed by atoms with Crippen molar-refractivity contribution in [3.05, 3.63) is 124 Å². The topological polar surface area (TPSA) is 125 Å². The number of esters is 1. The molecule has 0 aliphatic carbocycles. The third-order valence-electron chi connectivity index (χ3n) is 10.1. The maximum Gasteiger partial charge on any atom is 0.306 e. The summed E-state index contributed by atoms with van der Waals surface area (Å²) in [6, 6.07) is 22.6. The number of carbonyl (C=O) groups excluding carboxylic acids is 4. The molecule has 10 nitrogen and oxygen atoms in total. The van der Waals surface area contributed by atoms with Crippen LogP contribution in [0.4, 0.5) is 5.69 Å². The molecule has 3 aromatic rings. The van der Waals surface area contributed by atoms with E-state index in [0.717, 1.165) is 11.1 Å². The van der Waals surface area contributed by atoms with Gasteiger partial charge in [-0.1, -0.05) is 100 Å². The zero-order chi connectivity index (χ0) is 35.7. The van der Waals surface area contributed by atoms with E-state index in [2.05, 4.69) is 21.2 Å². The Morgan fingerprint density at radius 3 is 2.35 bits per heavy atom. The number of aliphatic hydroxyl groups is 1. The van der Waals surface area contributed by atoms with Crippen LogP contribution in [0.2, 0.25) is 5.02 Å². The molecule has 7 rings (SSSR count). The molecule has 3 amide bonds. The van der Waals surface area contributed by atoms with Crippen LogP contribution in [0, 0.1) is 11.8 Å². The number of hydrogen-bond donors (Lipinski definition) is 2. The van der Waals surface area contributed by atoms with Crippen LogP contribution in [0.1, 0.15) is 30.0 Å². The SMILES string of the molecule is O=C1CC/C=C\CN(c2ccc(Cl)cc2)C(=O)[C@H]2N([C@@H](CO)Cc3ccccc3)C(=O)[C@@H]3[C@@H](C(=O)N[C@@H](c4ccccc4)CO1)[C@@H]1O[C@@]32C=C1Br. The van der Waals surface area contributed by atoms with E-state index in [0.29, 0.717) is 21.6 Å². The van der Waals surface area contributed by atoms with Gasteiger partial charge in [-0.3, -0.25) is 19.2 Å². The minimum Gasteiger partial charge on any atom is -0.463 e. The fourth-order valence-electron chi connectivity index (χ4n) is 7.78. The molecular formula is C39H37BrClN3O7. The maximum absolute atomic E-state index is 15.2. The fraction of sp³-hybridized carbons (Fsp3) is 0.333. The van der Waals surface area contributed by atoms with Gasteiger partial charge in [-0.2, -0.15) is 0 Å². The summed E-state index contributed by atoms with van der Waals surface area (Å²) < 4.78 is 12.9. The van der Waals surface area contributed by atoms with Crippen LogP contribution in [0.5, 0.6) is 0 Å². The summed E-state index contributed by atoms with van der Waals surface area (Å²) in [4.78, 5) is 60.4. The third kappa shape index (κ3) is 6.64. The fourth-order valence-corrected chi connectivity index (χ4v) is 8.64. The maximum atomic E-state index is 15.2. The minimum atomic E-state index is -1.53. The Kier molecular flexibility index (Phi) is 10.2. The van der Waals surface area contributed by atoms with Crippen LogP contribution in [0.3, 0.4) is 0 Å². The number of aliphatic hydroxyl groups excluding tert-OH is 1. The number of nitrogens with one attached hydrogen (secondary N) is 1. The average molecular weight is 775 g/mol. The number of anilines is 1. The minimum absolute atomic E-state index is 0.101. The Hall–Kier alpha value is -4.29. The van der Waals surface area contributed by atoms with Crippen LogP contribution < -0.4 is 10.2 Å². The summed E-state index contributed by atoms with van der Waals surface area (Å²) in [6.45, 7) is -0.440. The second-order valence-electron chi connectivity index (χ2n) is 13.2. The zero-order valence-electron chi connectivity index (χ0n) is 27.6. The standard InChI is InChI=1S/C39H37BrClN3O7/c40-29-21-39-33-32(34(29)51-39)36(47)42-30(25-12-6-2-7-13-25)23-50-31(46)14-8-3-9-19-43(27-17-15-26(41)16-18-27)38(49)35(39)44(37(33)48)28(22-45)20-24-10-4-1-5-11-24/h1-7,9-13,15-18,21,28,30,32-35,45H,8,14,19-20,22-23H2,(H,42,47)/b9-3-/t28-,30-,32-,33+,34-,35-,39+/m1/s1. The van der Waals surface area contributed by atoms with E-state index in [1.807, 2.05) is 60.7 Å². The summed E-state index contributed by atoms with van der Waals surface area (Å²) >= 11 is 9.85. The highest BCUT2D eigenvalue weighted by molar-refractivity contribution is 9.11. The summed E-state index contributed by atoms with van der Waals surface area (Å²) in [7, 11) is 0. The highest BCUT2D eigenvalue weighted by atomic mass is 79.9. The van der Waals surface area contributed by atoms with Crippen molar-refractivity contribution in [1.29, 1.82) is 0 Å². The molecule has 0 unspecified atom stereocenters. The number of allylic oxidation sites excluding steroid dienone is 1. The van der Waals surface area contributed by atoms with E-state index >= 15 is 4.79 Å². The second-order valence-corrected chi connectivity index (χ2v) is 14.5. The molecule has 4 aliphatic rings. The van der Waals surface area contributed by atoms with E-state index in [1.165, 1.54) is 4.90 Å². The van der Waals surface area contributed by atoms with E-state index in [9.17, 15) is 19.5 Å². The summed E-state index contributed by atoms with van der Waals surface area (Å²) in [5, 5.41) is 14.4. The van der Waals surface area contributed by atoms with Crippen LogP contribution in [-0.2, 0) is 35.1 Å².